The topological polar surface area (TPSA) is 38.4 Å². The van der Waals surface area contributed by atoms with Crippen LogP contribution in [-0.2, 0) is 0 Å². The number of nitrogens with two attached hydrogens (primary N) is 1. The average Bonchev–Trinajstić information content (AvgIpc) is 2.04. The Morgan fingerprint density at radius 1 is 1.50 bits per heavy atom. The van der Waals surface area contributed by atoms with Crippen molar-refractivity contribution in [3.8, 4) is 0 Å². The van der Waals surface area contributed by atoms with Gasteiger partial charge < -0.3 is 5.73 Å². The highest BCUT2D eigenvalue weighted by Crippen LogP contribution is 1.73. The molecule has 0 fully saturated rings. The van der Waals surface area contributed by atoms with Crippen LogP contribution in [0.25, 0.3) is 0 Å². The second-order valence-corrected chi connectivity index (χ2v) is 1.24. The standard InChI is InChI=1S/C6H10N2.C2H6/c1-3-5-8-6(7)4-2;1-2/h3-5H,2H2,1H3,(H2,7,8);1-2H3/b5-3-;. The molecule has 0 aliphatic rings. The quantitative estimate of drug-likeness (QED) is 0.463. The van der Waals surface area contributed by atoms with Crippen molar-refractivity contribution in [2.24, 2.45) is 10.7 Å². The Bertz CT molecular complexity index is 123. The summed E-state index contributed by atoms with van der Waals surface area (Å²) in [6.07, 6.45) is 4.92. The molecule has 58 valence electrons. The van der Waals surface area contributed by atoms with Crippen LogP contribution in [0.5, 0.6) is 0 Å². The fourth-order valence-electron chi connectivity index (χ4n) is 0.213. The summed E-state index contributed by atoms with van der Waals surface area (Å²) in [6, 6.07) is 0. The van der Waals surface area contributed by atoms with E-state index in [1.165, 1.54) is 6.08 Å². The van der Waals surface area contributed by atoms with Gasteiger partial charge in [0, 0.05) is 6.20 Å². The average molecular weight is 140 g/mol. The molecule has 10 heavy (non-hydrogen) atoms. The molecule has 2 N–H and O–H groups in total. The summed E-state index contributed by atoms with van der Waals surface area (Å²) in [5, 5.41) is 0. The molecule has 0 aliphatic heterocycles. The van der Waals surface area contributed by atoms with Crippen molar-refractivity contribution in [2.45, 2.75) is 20.8 Å². The molecule has 0 radical (unpaired) electrons. The third-order valence-corrected chi connectivity index (χ3v) is 0.582. The minimum absolute atomic E-state index is 0.447. The molecule has 2 heteroatoms. The molecular weight excluding hydrogens is 124 g/mol. The molecule has 0 unspecified atom stereocenters. The maximum absolute atomic E-state index is 5.24. The molecule has 0 heterocycles. The van der Waals surface area contributed by atoms with Crippen molar-refractivity contribution in [1.29, 1.82) is 0 Å². The summed E-state index contributed by atoms with van der Waals surface area (Å²) in [4.78, 5) is 3.76. The third kappa shape index (κ3) is 10.0. The van der Waals surface area contributed by atoms with Gasteiger partial charge in [-0.25, -0.2) is 4.99 Å². The first kappa shape index (κ1) is 11.7. The Morgan fingerprint density at radius 3 is 2.30 bits per heavy atom. The predicted octanol–water partition coefficient (Wildman–Crippen LogP) is 2.09. The van der Waals surface area contributed by atoms with E-state index in [0.717, 1.165) is 0 Å². The summed E-state index contributed by atoms with van der Waals surface area (Å²) in [5.74, 6) is 0.447. The minimum Gasteiger partial charge on any atom is -0.384 e. The summed E-state index contributed by atoms with van der Waals surface area (Å²) in [5.41, 5.74) is 5.24. The van der Waals surface area contributed by atoms with Gasteiger partial charge in [0.05, 0.1) is 0 Å². The second-order valence-electron chi connectivity index (χ2n) is 1.24. The fraction of sp³-hybridized carbons (Fsp3) is 0.375. The zero-order valence-electron chi connectivity index (χ0n) is 6.96. The van der Waals surface area contributed by atoms with E-state index in [4.69, 9.17) is 5.73 Å². The molecule has 0 saturated carbocycles. The van der Waals surface area contributed by atoms with Crippen LogP contribution in [0.15, 0.2) is 29.9 Å². The minimum atomic E-state index is 0.447. The highest BCUT2D eigenvalue weighted by atomic mass is 14.8. The highest BCUT2D eigenvalue weighted by molar-refractivity contribution is 5.91. The van der Waals surface area contributed by atoms with E-state index < -0.39 is 0 Å². The van der Waals surface area contributed by atoms with E-state index in [0.29, 0.717) is 5.84 Å². The van der Waals surface area contributed by atoms with Gasteiger partial charge in [0.2, 0.25) is 0 Å². The number of hydrogen-bond donors (Lipinski definition) is 1. The first-order chi connectivity index (χ1) is 4.81. The second kappa shape index (κ2) is 10.8. The number of allylic oxidation sites excluding steroid dienone is 1. The maximum atomic E-state index is 5.24. The molecule has 0 aliphatic carbocycles. The smallest absolute Gasteiger partial charge is 0.122 e. The Kier molecular flexibility index (Phi) is 12.7. The van der Waals surface area contributed by atoms with Crippen molar-refractivity contribution in [3.05, 3.63) is 24.9 Å². The maximum Gasteiger partial charge on any atom is 0.122 e. The van der Waals surface area contributed by atoms with Gasteiger partial charge in [-0.2, -0.15) is 0 Å². The highest BCUT2D eigenvalue weighted by Gasteiger charge is 1.72. The molecule has 0 atom stereocenters. The molecule has 0 aromatic heterocycles. The van der Waals surface area contributed by atoms with E-state index in [2.05, 4.69) is 11.6 Å². The van der Waals surface area contributed by atoms with Crippen LogP contribution >= 0.6 is 0 Å². The van der Waals surface area contributed by atoms with Crippen molar-refractivity contribution in [2.75, 3.05) is 0 Å². The van der Waals surface area contributed by atoms with Gasteiger partial charge in [-0.05, 0) is 13.0 Å². The van der Waals surface area contributed by atoms with Gasteiger partial charge in [-0.3, -0.25) is 0 Å². The van der Waals surface area contributed by atoms with Crippen LogP contribution in [0.3, 0.4) is 0 Å². The molecule has 0 bridgehead atoms. The predicted molar refractivity (Wildman–Crippen MR) is 48.0 cm³/mol. The molecular formula is C8H16N2. The van der Waals surface area contributed by atoms with Crippen molar-refractivity contribution in [3.63, 3.8) is 0 Å². The van der Waals surface area contributed by atoms with Crippen molar-refractivity contribution >= 4 is 5.84 Å². The largest absolute Gasteiger partial charge is 0.384 e. The summed E-state index contributed by atoms with van der Waals surface area (Å²) < 4.78 is 0. The first-order valence-electron chi connectivity index (χ1n) is 3.38. The Morgan fingerprint density at radius 2 is 2.00 bits per heavy atom. The Balaban J connectivity index is 0. The summed E-state index contributed by atoms with van der Waals surface area (Å²) >= 11 is 0. The van der Waals surface area contributed by atoms with E-state index >= 15 is 0 Å². The van der Waals surface area contributed by atoms with Gasteiger partial charge in [0.15, 0.2) is 0 Å². The fourth-order valence-corrected chi connectivity index (χ4v) is 0.213. The van der Waals surface area contributed by atoms with Gasteiger partial charge in [-0.15, -0.1) is 0 Å². The summed E-state index contributed by atoms with van der Waals surface area (Å²) in [6.45, 7) is 9.30. The zero-order valence-corrected chi connectivity index (χ0v) is 6.96. The van der Waals surface area contributed by atoms with Crippen LogP contribution in [0, 0.1) is 0 Å². The van der Waals surface area contributed by atoms with Crippen LogP contribution in [0.4, 0.5) is 0 Å². The number of hydrogen-bond acceptors (Lipinski definition) is 1. The Hall–Kier alpha value is -1.05. The van der Waals surface area contributed by atoms with E-state index in [1.807, 2.05) is 20.8 Å². The number of nitrogens with zero attached hydrogens (tertiary/aromatic N) is 1. The molecule has 0 spiro atoms. The van der Waals surface area contributed by atoms with Crippen LogP contribution < -0.4 is 5.73 Å². The Labute approximate surface area is 63.2 Å². The molecule has 2 nitrogen and oxygen atoms in total. The number of amidine groups is 1. The lowest BCUT2D eigenvalue weighted by Crippen LogP contribution is -2.05. The summed E-state index contributed by atoms with van der Waals surface area (Å²) in [7, 11) is 0. The van der Waals surface area contributed by atoms with E-state index in [9.17, 15) is 0 Å². The van der Waals surface area contributed by atoms with E-state index in [-0.39, 0.29) is 0 Å². The lowest BCUT2D eigenvalue weighted by molar-refractivity contribution is 1.49. The van der Waals surface area contributed by atoms with Crippen molar-refractivity contribution in [1.82, 2.24) is 0 Å². The van der Waals surface area contributed by atoms with Gasteiger partial charge in [0.25, 0.3) is 0 Å². The molecule has 0 rings (SSSR count). The first-order valence-corrected chi connectivity index (χ1v) is 3.38. The van der Waals surface area contributed by atoms with Crippen LogP contribution in [0.1, 0.15) is 20.8 Å². The van der Waals surface area contributed by atoms with Gasteiger partial charge in [0.1, 0.15) is 5.84 Å². The van der Waals surface area contributed by atoms with Gasteiger partial charge >= 0.3 is 0 Å². The lowest BCUT2D eigenvalue weighted by Gasteiger charge is -1.82. The molecule has 0 aromatic rings. The van der Waals surface area contributed by atoms with Crippen molar-refractivity contribution < 1.29 is 0 Å². The lowest BCUT2D eigenvalue weighted by atomic mass is 10.6. The molecule has 0 aromatic carbocycles. The monoisotopic (exact) mass is 140 g/mol. The zero-order chi connectivity index (χ0) is 8.41. The normalized spacial score (nSPS) is 10.5. The van der Waals surface area contributed by atoms with Crippen LogP contribution in [-0.4, -0.2) is 5.84 Å². The van der Waals surface area contributed by atoms with E-state index in [1.54, 1.807) is 12.3 Å². The third-order valence-electron chi connectivity index (χ3n) is 0.582. The van der Waals surface area contributed by atoms with Crippen LogP contribution in [0.2, 0.25) is 0 Å². The van der Waals surface area contributed by atoms with Gasteiger partial charge in [-0.1, -0.05) is 26.5 Å². The molecule has 0 amide bonds. The SMILES string of the molecule is C=CC(N)=N/C=C\C.CC. The number of rotatable bonds is 2. The molecule has 0 saturated heterocycles. The number of aliphatic imine (C=N–C) groups is 1.